The standard InChI is InChI=1S/C13H17NO/c1-8-2-5-12-10(6-8)11(14)7-13(15-12)9-3-4-9/h2,5-6,9,11,13H,3-4,7,14H2,1H3/t11-,13?/m0/s1. The average molecular weight is 203 g/mol. The lowest BCUT2D eigenvalue weighted by molar-refractivity contribution is 0.138. The monoisotopic (exact) mass is 203 g/mol. The van der Waals surface area contributed by atoms with Crippen molar-refractivity contribution in [2.24, 2.45) is 11.7 Å². The van der Waals surface area contributed by atoms with Crippen LogP contribution in [0.5, 0.6) is 5.75 Å². The molecule has 0 bridgehead atoms. The summed E-state index contributed by atoms with van der Waals surface area (Å²) in [5, 5.41) is 0. The van der Waals surface area contributed by atoms with E-state index in [-0.39, 0.29) is 6.04 Å². The van der Waals surface area contributed by atoms with Crippen molar-refractivity contribution in [3.05, 3.63) is 29.3 Å². The molecule has 2 aliphatic rings. The van der Waals surface area contributed by atoms with E-state index in [1.807, 2.05) is 0 Å². The molecule has 0 radical (unpaired) electrons. The minimum Gasteiger partial charge on any atom is -0.490 e. The summed E-state index contributed by atoms with van der Waals surface area (Å²) >= 11 is 0. The van der Waals surface area contributed by atoms with Gasteiger partial charge in [-0.2, -0.15) is 0 Å². The highest BCUT2D eigenvalue weighted by Gasteiger charge is 2.37. The second-order valence-electron chi connectivity index (χ2n) is 4.88. The zero-order chi connectivity index (χ0) is 10.4. The normalized spacial score (nSPS) is 29.5. The van der Waals surface area contributed by atoms with Crippen molar-refractivity contribution >= 4 is 0 Å². The van der Waals surface area contributed by atoms with Gasteiger partial charge in [0.15, 0.2) is 0 Å². The first kappa shape index (κ1) is 9.22. The summed E-state index contributed by atoms with van der Waals surface area (Å²) in [6.07, 6.45) is 3.99. The Morgan fingerprint density at radius 3 is 2.87 bits per heavy atom. The highest BCUT2D eigenvalue weighted by molar-refractivity contribution is 5.40. The van der Waals surface area contributed by atoms with Gasteiger partial charge in [0.25, 0.3) is 0 Å². The number of nitrogens with two attached hydrogens (primary N) is 1. The van der Waals surface area contributed by atoms with Gasteiger partial charge in [-0.05, 0) is 31.7 Å². The van der Waals surface area contributed by atoms with Crippen LogP contribution in [0.25, 0.3) is 0 Å². The predicted molar refractivity (Wildman–Crippen MR) is 59.9 cm³/mol. The van der Waals surface area contributed by atoms with Crippen LogP contribution in [-0.4, -0.2) is 6.10 Å². The molecule has 0 aromatic heterocycles. The molecule has 1 fully saturated rings. The fourth-order valence-corrected chi connectivity index (χ4v) is 2.41. The maximum Gasteiger partial charge on any atom is 0.124 e. The van der Waals surface area contributed by atoms with Gasteiger partial charge in [-0.3, -0.25) is 0 Å². The second-order valence-corrected chi connectivity index (χ2v) is 4.88. The van der Waals surface area contributed by atoms with Gasteiger partial charge in [0.2, 0.25) is 0 Å². The third-order valence-electron chi connectivity index (χ3n) is 3.48. The van der Waals surface area contributed by atoms with Crippen molar-refractivity contribution in [3.8, 4) is 5.75 Å². The Morgan fingerprint density at radius 2 is 2.13 bits per heavy atom. The molecular formula is C13H17NO. The molecule has 1 aliphatic carbocycles. The number of aryl methyl sites for hydroxylation is 1. The van der Waals surface area contributed by atoms with Crippen molar-refractivity contribution in [3.63, 3.8) is 0 Å². The van der Waals surface area contributed by atoms with Crippen molar-refractivity contribution in [1.29, 1.82) is 0 Å². The second kappa shape index (κ2) is 3.24. The Kier molecular flexibility index (Phi) is 1.99. The Balaban J connectivity index is 1.93. The number of hydrogen-bond donors (Lipinski definition) is 1. The summed E-state index contributed by atoms with van der Waals surface area (Å²) in [6.45, 7) is 2.10. The van der Waals surface area contributed by atoms with Crippen molar-refractivity contribution < 1.29 is 4.74 Å². The first-order chi connectivity index (χ1) is 7.24. The molecule has 1 aromatic carbocycles. The van der Waals surface area contributed by atoms with Crippen LogP contribution in [0.4, 0.5) is 0 Å². The quantitative estimate of drug-likeness (QED) is 0.761. The number of rotatable bonds is 1. The van der Waals surface area contributed by atoms with E-state index < -0.39 is 0 Å². The summed E-state index contributed by atoms with van der Waals surface area (Å²) in [7, 11) is 0. The van der Waals surface area contributed by atoms with Gasteiger partial charge in [-0.15, -0.1) is 0 Å². The molecule has 2 N–H and O–H groups in total. The Hall–Kier alpha value is -1.02. The van der Waals surface area contributed by atoms with Gasteiger partial charge in [0.1, 0.15) is 11.9 Å². The lowest BCUT2D eigenvalue weighted by Gasteiger charge is -2.30. The Morgan fingerprint density at radius 1 is 1.33 bits per heavy atom. The average Bonchev–Trinajstić information content (AvgIpc) is 3.02. The van der Waals surface area contributed by atoms with Gasteiger partial charge in [0, 0.05) is 18.0 Å². The van der Waals surface area contributed by atoms with Gasteiger partial charge < -0.3 is 10.5 Å². The highest BCUT2D eigenvalue weighted by Crippen LogP contribution is 2.43. The molecule has 1 heterocycles. The predicted octanol–water partition coefficient (Wildman–Crippen LogP) is 2.56. The smallest absolute Gasteiger partial charge is 0.124 e. The lowest BCUT2D eigenvalue weighted by atomic mass is 9.94. The number of hydrogen-bond acceptors (Lipinski definition) is 2. The minimum atomic E-state index is 0.166. The van der Waals surface area contributed by atoms with Crippen LogP contribution in [0.1, 0.15) is 36.4 Å². The largest absolute Gasteiger partial charge is 0.490 e. The maximum atomic E-state index is 6.19. The van der Waals surface area contributed by atoms with Crippen LogP contribution in [0.2, 0.25) is 0 Å². The van der Waals surface area contributed by atoms with E-state index >= 15 is 0 Å². The third-order valence-corrected chi connectivity index (χ3v) is 3.48. The summed E-state index contributed by atoms with van der Waals surface area (Å²) in [5.41, 5.74) is 8.64. The molecule has 2 heteroatoms. The maximum absolute atomic E-state index is 6.19. The first-order valence-electron chi connectivity index (χ1n) is 5.77. The van der Waals surface area contributed by atoms with E-state index in [1.165, 1.54) is 24.0 Å². The van der Waals surface area contributed by atoms with Crippen molar-refractivity contribution in [2.45, 2.75) is 38.3 Å². The molecule has 3 rings (SSSR count). The first-order valence-corrected chi connectivity index (χ1v) is 5.77. The van der Waals surface area contributed by atoms with Crippen LogP contribution < -0.4 is 10.5 Å². The summed E-state index contributed by atoms with van der Waals surface area (Å²) in [4.78, 5) is 0. The minimum absolute atomic E-state index is 0.166. The molecule has 1 aromatic rings. The number of fused-ring (bicyclic) bond motifs is 1. The van der Waals surface area contributed by atoms with E-state index in [2.05, 4.69) is 25.1 Å². The van der Waals surface area contributed by atoms with Gasteiger partial charge in [0.05, 0.1) is 0 Å². The summed E-state index contributed by atoms with van der Waals surface area (Å²) < 4.78 is 6.00. The molecule has 15 heavy (non-hydrogen) atoms. The Bertz CT molecular complexity index is 384. The van der Waals surface area contributed by atoms with Crippen LogP contribution in [0.3, 0.4) is 0 Å². The molecule has 1 saturated carbocycles. The van der Waals surface area contributed by atoms with E-state index in [1.54, 1.807) is 0 Å². The SMILES string of the molecule is Cc1ccc2c(c1)[C@@H](N)CC(C1CC1)O2. The zero-order valence-corrected chi connectivity index (χ0v) is 9.07. The molecule has 0 saturated heterocycles. The van der Waals surface area contributed by atoms with Crippen molar-refractivity contribution in [1.82, 2.24) is 0 Å². The Labute approximate surface area is 90.4 Å². The molecular weight excluding hydrogens is 186 g/mol. The molecule has 0 amide bonds. The topological polar surface area (TPSA) is 35.2 Å². The molecule has 1 aliphatic heterocycles. The van der Waals surface area contributed by atoms with Gasteiger partial charge >= 0.3 is 0 Å². The fraction of sp³-hybridized carbons (Fsp3) is 0.538. The summed E-state index contributed by atoms with van der Waals surface area (Å²) in [5.74, 6) is 1.78. The third kappa shape index (κ3) is 1.63. The summed E-state index contributed by atoms with van der Waals surface area (Å²) in [6, 6.07) is 6.49. The molecule has 2 atom stereocenters. The number of ether oxygens (including phenoxy) is 1. The molecule has 1 unspecified atom stereocenters. The zero-order valence-electron chi connectivity index (χ0n) is 9.07. The van der Waals surface area contributed by atoms with Crippen LogP contribution in [0, 0.1) is 12.8 Å². The molecule has 0 spiro atoms. The van der Waals surface area contributed by atoms with Crippen LogP contribution in [-0.2, 0) is 0 Å². The number of benzene rings is 1. The molecule has 80 valence electrons. The van der Waals surface area contributed by atoms with E-state index in [9.17, 15) is 0 Å². The van der Waals surface area contributed by atoms with E-state index in [4.69, 9.17) is 10.5 Å². The van der Waals surface area contributed by atoms with Crippen molar-refractivity contribution in [2.75, 3.05) is 0 Å². The lowest BCUT2D eigenvalue weighted by Crippen LogP contribution is -2.31. The highest BCUT2D eigenvalue weighted by atomic mass is 16.5. The van der Waals surface area contributed by atoms with Crippen LogP contribution in [0.15, 0.2) is 18.2 Å². The van der Waals surface area contributed by atoms with Crippen LogP contribution >= 0.6 is 0 Å². The van der Waals surface area contributed by atoms with Gasteiger partial charge in [-0.1, -0.05) is 17.7 Å². The fourth-order valence-electron chi connectivity index (χ4n) is 2.41. The van der Waals surface area contributed by atoms with Gasteiger partial charge in [-0.25, -0.2) is 0 Å². The van der Waals surface area contributed by atoms with E-state index in [0.29, 0.717) is 6.10 Å². The van der Waals surface area contributed by atoms with E-state index in [0.717, 1.165) is 18.1 Å². The molecule has 2 nitrogen and oxygen atoms in total.